The Balaban J connectivity index is 1.88. The maximum absolute atomic E-state index is 12.1. The molecular weight excluding hydrogens is 272 g/mol. The van der Waals surface area contributed by atoms with Crippen LogP contribution in [0.5, 0.6) is 0 Å². The molecule has 0 aliphatic rings. The van der Waals surface area contributed by atoms with Crippen molar-refractivity contribution in [1.29, 1.82) is 0 Å². The molecule has 2 aromatic rings. The first-order valence-electron chi connectivity index (χ1n) is 7.62. The van der Waals surface area contributed by atoms with Crippen molar-refractivity contribution >= 4 is 5.91 Å². The van der Waals surface area contributed by atoms with Crippen LogP contribution in [0.3, 0.4) is 0 Å². The fourth-order valence-corrected chi connectivity index (χ4v) is 2.40. The van der Waals surface area contributed by atoms with Gasteiger partial charge in [-0.25, -0.2) is 0 Å². The molecule has 2 aromatic carbocycles. The number of nitrogens with two attached hydrogens (primary N) is 1. The van der Waals surface area contributed by atoms with Crippen LogP contribution in [0.1, 0.15) is 37.4 Å². The number of rotatable bonds is 6. The Kier molecular flexibility index (Phi) is 5.34. The molecule has 22 heavy (non-hydrogen) atoms. The molecular formula is C19H24N2O. The van der Waals surface area contributed by atoms with E-state index >= 15 is 0 Å². The first-order chi connectivity index (χ1) is 10.5. The lowest BCUT2D eigenvalue weighted by Crippen LogP contribution is -2.37. The fourth-order valence-electron chi connectivity index (χ4n) is 2.40. The van der Waals surface area contributed by atoms with Gasteiger partial charge in [0.05, 0.1) is 0 Å². The SMILES string of the molecule is CC(C)(CNC(=O)CC(N)c1ccccc1)c1ccccc1. The molecule has 0 saturated carbocycles. The lowest BCUT2D eigenvalue weighted by Gasteiger charge is -2.26. The van der Waals surface area contributed by atoms with Gasteiger partial charge >= 0.3 is 0 Å². The lowest BCUT2D eigenvalue weighted by atomic mass is 9.84. The number of hydrogen-bond acceptors (Lipinski definition) is 2. The number of hydrogen-bond donors (Lipinski definition) is 2. The van der Waals surface area contributed by atoms with Gasteiger partial charge in [0.25, 0.3) is 0 Å². The van der Waals surface area contributed by atoms with Crippen molar-refractivity contribution in [2.24, 2.45) is 5.73 Å². The average Bonchev–Trinajstić information content (AvgIpc) is 2.55. The molecule has 0 saturated heterocycles. The molecule has 0 aromatic heterocycles. The third kappa shape index (κ3) is 4.43. The van der Waals surface area contributed by atoms with Crippen LogP contribution in [-0.4, -0.2) is 12.5 Å². The van der Waals surface area contributed by atoms with Crippen molar-refractivity contribution in [2.75, 3.05) is 6.54 Å². The Morgan fingerprint density at radius 1 is 1.05 bits per heavy atom. The topological polar surface area (TPSA) is 55.1 Å². The summed E-state index contributed by atoms with van der Waals surface area (Å²) >= 11 is 0. The second kappa shape index (κ2) is 7.23. The number of benzene rings is 2. The summed E-state index contributed by atoms with van der Waals surface area (Å²) in [5, 5.41) is 3.00. The van der Waals surface area contributed by atoms with Crippen molar-refractivity contribution < 1.29 is 4.79 Å². The highest BCUT2D eigenvalue weighted by molar-refractivity contribution is 5.76. The standard InChI is InChI=1S/C19H24N2O/c1-19(2,16-11-7-4-8-12-16)14-21-18(22)13-17(20)15-9-5-3-6-10-15/h3-12,17H,13-14,20H2,1-2H3,(H,21,22). The van der Waals surface area contributed by atoms with Gasteiger partial charge in [-0.2, -0.15) is 0 Å². The Bertz CT molecular complexity index is 593. The number of nitrogens with one attached hydrogen (secondary N) is 1. The minimum Gasteiger partial charge on any atom is -0.355 e. The smallest absolute Gasteiger partial charge is 0.221 e. The highest BCUT2D eigenvalue weighted by atomic mass is 16.1. The van der Waals surface area contributed by atoms with E-state index < -0.39 is 0 Å². The summed E-state index contributed by atoms with van der Waals surface area (Å²) in [6, 6.07) is 19.7. The largest absolute Gasteiger partial charge is 0.355 e. The van der Waals surface area contributed by atoms with Gasteiger partial charge in [-0.3, -0.25) is 4.79 Å². The Morgan fingerprint density at radius 2 is 1.59 bits per heavy atom. The van der Waals surface area contributed by atoms with Gasteiger partial charge in [-0.1, -0.05) is 74.5 Å². The molecule has 1 amide bonds. The van der Waals surface area contributed by atoms with Crippen molar-refractivity contribution in [3.8, 4) is 0 Å². The van der Waals surface area contributed by atoms with Gasteiger partial charge in [0.15, 0.2) is 0 Å². The summed E-state index contributed by atoms with van der Waals surface area (Å²) in [5.41, 5.74) is 8.18. The molecule has 0 fully saturated rings. The predicted molar refractivity (Wildman–Crippen MR) is 90.5 cm³/mol. The molecule has 3 nitrogen and oxygen atoms in total. The zero-order valence-corrected chi connectivity index (χ0v) is 13.3. The highest BCUT2D eigenvalue weighted by Crippen LogP contribution is 2.22. The van der Waals surface area contributed by atoms with E-state index in [1.807, 2.05) is 48.5 Å². The number of carbonyl (C=O) groups is 1. The Hall–Kier alpha value is -2.13. The Morgan fingerprint density at radius 3 is 2.18 bits per heavy atom. The molecule has 0 aliphatic heterocycles. The molecule has 116 valence electrons. The zero-order chi connectivity index (χ0) is 16.0. The normalized spacial score (nSPS) is 12.7. The Labute approximate surface area is 132 Å². The van der Waals surface area contributed by atoms with E-state index in [2.05, 4.69) is 31.3 Å². The predicted octanol–water partition coefficient (Wildman–Crippen LogP) is 3.17. The van der Waals surface area contributed by atoms with E-state index in [1.165, 1.54) is 5.56 Å². The molecule has 2 rings (SSSR count). The van der Waals surface area contributed by atoms with Crippen molar-refractivity contribution in [1.82, 2.24) is 5.32 Å². The van der Waals surface area contributed by atoms with Gasteiger partial charge in [0.1, 0.15) is 0 Å². The van der Waals surface area contributed by atoms with Gasteiger partial charge in [-0.05, 0) is 11.1 Å². The van der Waals surface area contributed by atoms with E-state index in [9.17, 15) is 4.79 Å². The van der Waals surface area contributed by atoms with Gasteiger partial charge in [0.2, 0.25) is 5.91 Å². The lowest BCUT2D eigenvalue weighted by molar-refractivity contribution is -0.121. The van der Waals surface area contributed by atoms with Crippen molar-refractivity contribution in [3.63, 3.8) is 0 Å². The molecule has 0 radical (unpaired) electrons. The van der Waals surface area contributed by atoms with Crippen molar-refractivity contribution in [3.05, 3.63) is 71.8 Å². The molecule has 0 aliphatic carbocycles. The van der Waals surface area contributed by atoms with Crippen LogP contribution in [0, 0.1) is 0 Å². The van der Waals surface area contributed by atoms with Crippen LogP contribution in [0.25, 0.3) is 0 Å². The first kappa shape index (κ1) is 16.2. The summed E-state index contributed by atoms with van der Waals surface area (Å²) in [6.07, 6.45) is 0.300. The molecule has 1 atom stereocenters. The summed E-state index contributed by atoms with van der Waals surface area (Å²) in [7, 11) is 0. The van der Waals surface area contributed by atoms with Crippen LogP contribution in [0.4, 0.5) is 0 Å². The minimum atomic E-state index is -0.263. The quantitative estimate of drug-likeness (QED) is 0.860. The van der Waals surface area contributed by atoms with Gasteiger partial charge < -0.3 is 11.1 Å². The summed E-state index contributed by atoms with van der Waals surface area (Å²) < 4.78 is 0. The van der Waals surface area contributed by atoms with Crippen molar-refractivity contribution in [2.45, 2.75) is 31.7 Å². The van der Waals surface area contributed by atoms with Crippen LogP contribution >= 0.6 is 0 Å². The second-order valence-electron chi connectivity index (χ2n) is 6.25. The van der Waals surface area contributed by atoms with Gasteiger partial charge in [0, 0.05) is 24.4 Å². The van der Waals surface area contributed by atoms with E-state index in [0.717, 1.165) is 5.56 Å². The van der Waals surface area contributed by atoms with Crippen LogP contribution < -0.4 is 11.1 Å². The third-order valence-electron chi connectivity index (χ3n) is 3.92. The minimum absolute atomic E-state index is 0.0136. The van der Waals surface area contributed by atoms with E-state index in [4.69, 9.17) is 5.73 Å². The van der Waals surface area contributed by atoms with E-state index in [-0.39, 0.29) is 17.4 Å². The summed E-state index contributed by atoms with van der Waals surface area (Å²) in [5.74, 6) is -0.0136. The van der Waals surface area contributed by atoms with Crippen LogP contribution in [-0.2, 0) is 10.2 Å². The van der Waals surface area contributed by atoms with E-state index in [1.54, 1.807) is 0 Å². The molecule has 0 bridgehead atoms. The molecule has 3 N–H and O–H groups in total. The van der Waals surface area contributed by atoms with Crippen LogP contribution in [0.15, 0.2) is 60.7 Å². The summed E-state index contributed by atoms with van der Waals surface area (Å²) in [4.78, 5) is 12.1. The average molecular weight is 296 g/mol. The van der Waals surface area contributed by atoms with Gasteiger partial charge in [-0.15, -0.1) is 0 Å². The maximum atomic E-state index is 12.1. The molecule has 1 unspecified atom stereocenters. The highest BCUT2D eigenvalue weighted by Gasteiger charge is 2.21. The second-order valence-corrected chi connectivity index (χ2v) is 6.25. The first-order valence-corrected chi connectivity index (χ1v) is 7.62. The monoisotopic (exact) mass is 296 g/mol. The molecule has 0 heterocycles. The maximum Gasteiger partial charge on any atom is 0.221 e. The third-order valence-corrected chi connectivity index (χ3v) is 3.92. The zero-order valence-electron chi connectivity index (χ0n) is 13.3. The number of amides is 1. The van der Waals surface area contributed by atoms with Crippen LogP contribution in [0.2, 0.25) is 0 Å². The number of carbonyl (C=O) groups excluding carboxylic acids is 1. The molecule has 0 spiro atoms. The summed E-state index contributed by atoms with van der Waals surface area (Å²) in [6.45, 7) is 4.84. The van der Waals surface area contributed by atoms with E-state index in [0.29, 0.717) is 13.0 Å². The fraction of sp³-hybridized carbons (Fsp3) is 0.316. The molecule has 3 heteroatoms.